The maximum Gasteiger partial charge on any atom is 0.420 e. The lowest BCUT2D eigenvalue weighted by Gasteiger charge is -2.16. The number of nitriles is 1. The van der Waals surface area contributed by atoms with E-state index in [1.807, 2.05) is 0 Å². The Morgan fingerprint density at radius 2 is 1.94 bits per heavy atom. The molecule has 0 saturated heterocycles. The van der Waals surface area contributed by atoms with Crippen LogP contribution in [0.25, 0.3) is 0 Å². The van der Waals surface area contributed by atoms with Gasteiger partial charge in [-0.3, -0.25) is 14.6 Å². The number of hydrogen-bond donors (Lipinski definition) is 1. The normalized spacial score (nSPS) is 10.9. The van der Waals surface area contributed by atoms with Gasteiger partial charge in [0.1, 0.15) is 17.9 Å². The van der Waals surface area contributed by atoms with Gasteiger partial charge in [-0.2, -0.15) is 18.4 Å². The summed E-state index contributed by atoms with van der Waals surface area (Å²) in [4.78, 5) is 28.7. The number of benzene rings is 1. The quantitative estimate of drug-likeness (QED) is 0.630. The average Bonchev–Trinajstić information content (AvgIpc) is 2.70. The Morgan fingerprint density at radius 3 is 2.58 bits per heavy atom. The number of hydrogen-bond acceptors (Lipinski definition) is 5. The molecule has 0 fully saturated rings. The highest BCUT2D eigenvalue weighted by Crippen LogP contribution is 2.36. The van der Waals surface area contributed by atoms with Crippen LogP contribution in [0, 0.1) is 11.3 Å². The van der Waals surface area contributed by atoms with E-state index in [-0.39, 0.29) is 16.3 Å². The van der Waals surface area contributed by atoms with Crippen molar-refractivity contribution in [2.24, 2.45) is 0 Å². The van der Waals surface area contributed by atoms with Crippen LogP contribution in [-0.2, 0) is 17.5 Å². The predicted molar refractivity (Wildman–Crippen MR) is 105 cm³/mol. The number of anilines is 1. The third-order valence-electron chi connectivity index (χ3n) is 3.92. The summed E-state index contributed by atoms with van der Waals surface area (Å²) in [7, 11) is 0. The molecule has 1 amide bonds. The lowest BCUT2D eigenvalue weighted by molar-refractivity contribution is -0.138. The van der Waals surface area contributed by atoms with Gasteiger partial charge in [0.2, 0.25) is 11.7 Å². The van der Waals surface area contributed by atoms with Crippen molar-refractivity contribution in [2.75, 3.05) is 5.32 Å². The Kier molecular flexibility index (Phi) is 6.27. The van der Waals surface area contributed by atoms with Crippen LogP contribution in [0.1, 0.15) is 11.1 Å². The topological polar surface area (TPSA) is 97.0 Å². The van der Waals surface area contributed by atoms with Crippen LogP contribution in [0.15, 0.2) is 59.8 Å². The smallest absolute Gasteiger partial charge is 0.420 e. The van der Waals surface area contributed by atoms with Crippen molar-refractivity contribution in [3.05, 3.63) is 81.5 Å². The Balaban J connectivity index is 1.97. The summed E-state index contributed by atoms with van der Waals surface area (Å²) in [6.07, 6.45) is -1.18. The highest BCUT2D eigenvalue weighted by molar-refractivity contribution is 6.30. The number of alkyl halides is 3. The van der Waals surface area contributed by atoms with Crippen LogP contribution >= 0.6 is 11.6 Å². The number of aromatic nitrogens is 2. The van der Waals surface area contributed by atoms with E-state index in [0.717, 1.165) is 22.9 Å². The number of carbonyl (C=O) groups is 1. The monoisotopic (exact) mass is 448 g/mol. The number of ether oxygens (including phenoxy) is 1. The Hall–Kier alpha value is -3.84. The molecule has 3 rings (SSSR count). The van der Waals surface area contributed by atoms with Gasteiger partial charge in [-0.1, -0.05) is 11.6 Å². The second kappa shape index (κ2) is 8.89. The van der Waals surface area contributed by atoms with Crippen LogP contribution in [0.5, 0.6) is 11.5 Å². The van der Waals surface area contributed by atoms with Gasteiger partial charge in [0.25, 0.3) is 5.56 Å². The van der Waals surface area contributed by atoms with Crippen LogP contribution in [0.2, 0.25) is 5.02 Å². The van der Waals surface area contributed by atoms with E-state index in [2.05, 4.69) is 10.3 Å². The highest BCUT2D eigenvalue weighted by Gasteiger charge is 2.36. The first-order valence-corrected chi connectivity index (χ1v) is 8.94. The molecule has 2 aromatic heterocycles. The number of nitrogens with zero attached hydrogens (tertiary/aromatic N) is 3. The molecule has 0 aliphatic heterocycles. The fourth-order valence-corrected chi connectivity index (χ4v) is 2.82. The van der Waals surface area contributed by atoms with E-state index in [0.29, 0.717) is 11.8 Å². The minimum atomic E-state index is -4.90. The third-order valence-corrected chi connectivity index (χ3v) is 4.14. The zero-order chi connectivity index (χ0) is 22.6. The number of nitrogens with one attached hydrogen (secondary N) is 1. The van der Waals surface area contributed by atoms with E-state index in [1.165, 1.54) is 30.6 Å². The molecule has 0 unspecified atom stereocenters. The first-order chi connectivity index (χ1) is 14.7. The molecule has 2 heterocycles. The van der Waals surface area contributed by atoms with Crippen molar-refractivity contribution in [1.29, 1.82) is 5.26 Å². The number of pyridine rings is 2. The standard InChI is InChI=1S/C20H12ClF3N4O3/c21-13-7-12(10-25)8-15(9-13)31-18-16(20(22,23)24)3-6-28(19(18)30)11-17(29)27-14-1-4-26-5-2-14/h1-9H,11H2,(H,26,27,29). The average molecular weight is 449 g/mol. The van der Waals surface area contributed by atoms with Crippen LogP contribution < -0.4 is 15.6 Å². The second-order valence-electron chi connectivity index (χ2n) is 6.16. The number of amides is 1. The van der Waals surface area contributed by atoms with Gasteiger partial charge in [-0.15, -0.1) is 0 Å². The summed E-state index contributed by atoms with van der Waals surface area (Å²) in [5.74, 6) is -1.92. The van der Waals surface area contributed by atoms with Gasteiger partial charge >= 0.3 is 6.18 Å². The fraction of sp³-hybridized carbons (Fsp3) is 0.100. The molecule has 0 spiro atoms. The molecule has 0 atom stereocenters. The molecule has 31 heavy (non-hydrogen) atoms. The maximum absolute atomic E-state index is 13.4. The van der Waals surface area contributed by atoms with Crippen molar-refractivity contribution in [3.63, 3.8) is 0 Å². The van der Waals surface area contributed by atoms with Gasteiger partial charge in [-0.05, 0) is 36.4 Å². The van der Waals surface area contributed by atoms with Gasteiger partial charge < -0.3 is 14.6 Å². The second-order valence-corrected chi connectivity index (χ2v) is 6.60. The molecule has 0 radical (unpaired) electrons. The molecule has 1 aromatic carbocycles. The van der Waals surface area contributed by atoms with E-state index < -0.39 is 35.5 Å². The molecule has 1 N–H and O–H groups in total. The lowest BCUT2D eigenvalue weighted by Crippen LogP contribution is -2.29. The maximum atomic E-state index is 13.4. The number of carbonyl (C=O) groups excluding carboxylic acids is 1. The Bertz CT molecular complexity index is 1220. The lowest BCUT2D eigenvalue weighted by atomic mass is 10.2. The minimum Gasteiger partial charge on any atom is -0.451 e. The molecule has 11 heteroatoms. The van der Waals surface area contributed by atoms with Crippen LogP contribution in [-0.4, -0.2) is 15.5 Å². The third kappa shape index (κ3) is 5.40. The van der Waals surface area contributed by atoms with Gasteiger partial charge in [0, 0.05) is 29.3 Å². The van der Waals surface area contributed by atoms with E-state index in [1.54, 1.807) is 6.07 Å². The SMILES string of the molecule is N#Cc1cc(Cl)cc(Oc2c(C(F)(F)F)ccn(CC(=O)Nc3ccncc3)c2=O)c1. The van der Waals surface area contributed by atoms with Crippen molar-refractivity contribution in [3.8, 4) is 17.6 Å². The Labute approximate surface area is 178 Å². The molecule has 7 nitrogen and oxygen atoms in total. The molecular formula is C20H12ClF3N4O3. The first kappa shape index (κ1) is 21.9. The number of rotatable bonds is 5. The summed E-state index contributed by atoms with van der Waals surface area (Å²) in [6.45, 7) is -0.561. The first-order valence-electron chi connectivity index (χ1n) is 8.56. The van der Waals surface area contributed by atoms with E-state index in [4.69, 9.17) is 21.6 Å². The van der Waals surface area contributed by atoms with Crippen molar-refractivity contribution >= 4 is 23.2 Å². The molecule has 0 aliphatic rings. The summed E-state index contributed by atoms with van der Waals surface area (Å²) < 4.78 is 46.3. The molecular weight excluding hydrogens is 437 g/mol. The summed E-state index contributed by atoms with van der Waals surface area (Å²) in [6, 6.07) is 9.02. The molecule has 0 aliphatic carbocycles. The minimum absolute atomic E-state index is 0.0315. The van der Waals surface area contributed by atoms with Crippen molar-refractivity contribution in [1.82, 2.24) is 9.55 Å². The van der Waals surface area contributed by atoms with Crippen molar-refractivity contribution < 1.29 is 22.7 Å². The molecule has 0 bridgehead atoms. The summed E-state index contributed by atoms with van der Waals surface area (Å²) in [5.41, 5.74) is -2.08. The zero-order valence-corrected chi connectivity index (χ0v) is 16.2. The molecule has 158 valence electrons. The predicted octanol–water partition coefficient (Wildman–Crippen LogP) is 4.22. The fourth-order valence-electron chi connectivity index (χ4n) is 2.59. The van der Waals surface area contributed by atoms with Gasteiger partial charge in [0.05, 0.1) is 11.6 Å². The van der Waals surface area contributed by atoms with Gasteiger partial charge in [-0.25, -0.2) is 0 Å². The van der Waals surface area contributed by atoms with E-state index in [9.17, 15) is 22.8 Å². The van der Waals surface area contributed by atoms with Crippen molar-refractivity contribution in [2.45, 2.75) is 12.7 Å². The largest absolute Gasteiger partial charge is 0.451 e. The Morgan fingerprint density at radius 1 is 1.23 bits per heavy atom. The zero-order valence-electron chi connectivity index (χ0n) is 15.5. The van der Waals surface area contributed by atoms with Gasteiger partial charge in [0.15, 0.2) is 0 Å². The molecule has 3 aromatic rings. The highest BCUT2D eigenvalue weighted by atomic mass is 35.5. The molecule has 0 saturated carbocycles. The van der Waals surface area contributed by atoms with E-state index >= 15 is 0 Å². The summed E-state index contributed by atoms with van der Waals surface area (Å²) >= 11 is 5.85. The number of halogens is 4. The van der Waals surface area contributed by atoms with Crippen LogP contribution in [0.3, 0.4) is 0 Å². The summed E-state index contributed by atoms with van der Waals surface area (Å²) in [5, 5.41) is 11.5. The van der Waals surface area contributed by atoms with Crippen LogP contribution in [0.4, 0.5) is 18.9 Å².